The summed E-state index contributed by atoms with van der Waals surface area (Å²) >= 11 is 1.79. The monoisotopic (exact) mass is 239 g/mol. The van der Waals surface area contributed by atoms with E-state index in [9.17, 15) is 0 Å². The highest BCUT2D eigenvalue weighted by molar-refractivity contribution is 7.09. The molecule has 0 spiro atoms. The maximum absolute atomic E-state index is 5.77. The number of aromatic nitrogens is 1. The lowest BCUT2D eigenvalue weighted by atomic mass is 9.97. The highest BCUT2D eigenvalue weighted by Crippen LogP contribution is 2.19. The standard InChI is InChI=1S/C12H21N3S/c1-9(13)5-11-8-16-12(15-11)6-10-3-2-4-14-7-10/h8-10,14H,2-7,13H2,1H3. The fourth-order valence-electron chi connectivity index (χ4n) is 2.21. The van der Waals surface area contributed by atoms with Crippen LogP contribution in [0.2, 0.25) is 0 Å². The lowest BCUT2D eigenvalue weighted by molar-refractivity contribution is 0.375. The minimum atomic E-state index is 0.214. The third-order valence-corrected chi connectivity index (χ3v) is 3.91. The van der Waals surface area contributed by atoms with Crippen LogP contribution in [0.25, 0.3) is 0 Å². The number of thiazole rings is 1. The average Bonchev–Trinajstić information content (AvgIpc) is 2.66. The van der Waals surface area contributed by atoms with Crippen molar-refractivity contribution < 1.29 is 0 Å². The topological polar surface area (TPSA) is 50.9 Å². The van der Waals surface area contributed by atoms with Crippen LogP contribution in [-0.2, 0) is 12.8 Å². The summed E-state index contributed by atoms with van der Waals surface area (Å²) in [5, 5.41) is 6.89. The van der Waals surface area contributed by atoms with Crippen molar-refractivity contribution in [1.29, 1.82) is 0 Å². The van der Waals surface area contributed by atoms with Gasteiger partial charge in [0.05, 0.1) is 10.7 Å². The van der Waals surface area contributed by atoms with Crippen molar-refractivity contribution in [1.82, 2.24) is 10.3 Å². The zero-order chi connectivity index (χ0) is 11.4. The van der Waals surface area contributed by atoms with Crippen LogP contribution in [0.4, 0.5) is 0 Å². The summed E-state index contributed by atoms with van der Waals surface area (Å²) in [5.41, 5.74) is 6.94. The van der Waals surface area contributed by atoms with E-state index < -0.39 is 0 Å². The number of hydrogen-bond donors (Lipinski definition) is 2. The first-order valence-corrected chi connectivity index (χ1v) is 7.01. The Kier molecular flexibility index (Phi) is 4.32. The lowest BCUT2D eigenvalue weighted by Crippen LogP contribution is -2.30. The van der Waals surface area contributed by atoms with E-state index in [1.807, 2.05) is 6.92 Å². The van der Waals surface area contributed by atoms with Gasteiger partial charge in [0.25, 0.3) is 0 Å². The molecular formula is C12H21N3S. The zero-order valence-electron chi connectivity index (χ0n) is 9.91. The Morgan fingerprint density at radius 1 is 1.69 bits per heavy atom. The van der Waals surface area contributed by atoms with E-state index in [0.29, 0.717) is 0 Å². The van der Waals surface area contributed by atoms with Gasteiger partial charge in [-0.25, -0.2) is 4.98 Å². The molecule has 1 aromatic rings. The molecule has 2 heterocycles. The lowest BCUT2D eigenvalue weighted by Gasteiger charge is -2.21. The molecule has 0 saturated carbocycles. The molecule has 3 nitrogen and oxygen atoms in total. The molecule has 2 unspecified atom stereocenters. The molecule has 90 valence electrons. The molecule has 1 saturated heterocycles. The predicted octanol–water partition coefficient (Wildman–Crippen LogP) is 1.57. The zero-order valence-corrected chi connectivity index (χ0v) is 10.7. The van der Waals surface area contributed by atoms with Crippen LogP contribution < -0.4 is 11.1 Å². The van der Waals surface area contributed by atoms with Crippen molar-refractivity contribution in [2.45, 2.75) is 38.6 Å². The number of piperidine rings is 1. The molecule has 1 aromatic heterocycles. The van der Waals surface area contributed by atoms with E-state index >= 15 is 0 Å². The average molecular weight is 239 g/mol. The summed E-state index contributed by atoms with van der Waals surface area (Å²) in [5.74, 6) is 0.781. The molecule has 1 aliphatic heterocycles. The van der Waals surface area contributed by atoms with Gasteiger partial charge in [-0.1, -0.05) is 0 Å². The van der Waals surface area contributed by atoms with Gasteiger partial charge in [-0.05, 0) is 38.8 Å². The number of nitrogens with one attached hydrogen (secondary N) is 1. The van der Waals surface area contributed by atoms with Crippen molar-refractivity contribution >= 4 is 11.3 Å². The molecule has 4 heteroatoms. The second-order valence-electron chi connectivity index (χ2n) is 4.83. The van der Waals surface area contributed by atoms with Gasteiger partial charge in [-0.2, -0.15) is 0 Å². The minimum absolute atomic E-state index is 0.214. The molecule has 0 aromatic carbocycles. The Balaban J connectivity index is 1.86. The molecule has 0 radical (unpaired) electrons. The Labute approximate surface area is 101 Å². The smallest absolute Gasteiger partial charge is 0.0931 e. The van der Waals surface area contributed by atoms with Crippen LogP contribution in [0.3, 0.4) is 0 Å². The van der Waals surface area contributed by atoms with Crippen LogP contribution in [-0.4, -0.2) is 24.1 Å². The van der Waals surface area contributed by atoms with Crippen LogP contribution in [0.5, 0.6) is 0 Å². The normalized spacial score (nSPS) is 23.2. The van der Waals surface area contributed by atoms with Crippen molar-refractivity contribution in [3.05, 3.63) is 16.1 Å². The van der Waals surface area contributed by atoms with Gasteiger partial charge in [-0.3, -0.25) is 0 Å². The Hall–Kier alpha value is -0.450. The van der Waals surface area contributed by atoms with Gasteiger partial charge in [0.15, 0.2) is 0 Å². The Morgan fingerprint density at radius 2 is 2.56 bits per heavy atom. The van der Waals surface area contributed by atoms with Gasteiger partial charge in [0.2, 0.25) is 0 Å². The summed E-state index contributed by atoms with van der Waals surface area (Å²) in [6, 6.07) is 0.214. The first-order chi connectivity index (χ1) is 7.74. The maximum atomic E-state index is 5.77. The summed E-state index contributed by atoms with van der Waals surface area (Å²) in [7, 11) is 0. The third-order valence-electron chi connectivity index (χ3n) is 2.99. The Morgan fingerprint density at radius 3 is 3.25 bits per heavy atom. The molecule has 0 amide bonds. The van der Waals surface area contributed by atoms with Crippen LogP contribution in [0, 0.1) is 5.92 Å². The third kappa shape index (κ3) is 3.54. The highest BCUT2D eigenvalue weighted by atomic mass is 32.1. The van der Waals surface area contributed by atoms with Crippen molar-refractivity contribution in [3.63, 3.8) is 0 Å². The van der Waals surface area contributed by atoms with E-state index in [4.69, 9.17) is 5.73 Å². The minimum Gasteiger partial charge on any atom is -0.328 e. The summed E-state index contributed by atoms with van der Waals surface area (Å²) < 4.78 is 0. The van der Waals surface area contributed by atoms with Crippen molar-refractivity contribution in [2.75, 3.05) is 13.1 Å². The number of hydrogen-bond acceptors (Lipinski definition) is 4. The largest absolute Gasteiger partial charge is 0.328 e. The molecule has 2 atom stereocenters. The van der Waals surface area contributed by atoms with Crippen molar-refractivity contribution in [3.8, 4) is 0 Å². The van der Waals surface area contributed by atoms with E-state index in [0.717, 1.165) is 25.3 Å². The first-order valence-electron chi connectivity index (χ1n) is 6.13. The molecule has 0 bridgehead atoms. The second-order valence-corrected chi connectivity index (χ2v) is 5.77. The molecule has 1 fully saturated rings. The Bertz CT molecular complexity index is 316. The number of nitrogens with two attached hydrogens (primary N) is 1. The fourth-order valence-corrected chi connectivity index (χ4v) is 3.13. The molecular weight excluding hydrogens is 218 g/mol. The van der Waals surface area contributed by atoms with Gasteiger partial charge in [0, 0.05) is 24.3 Å². The van der Waals surface area contributed by atoms with E-state index in [-0.39, 0.29) is 6.04 Å². The summed E-state index contributed by atoms with van der Waals surface area (Å²) in [4.78, 5) is 4.66. The van der Waals surface area contributed by atoms with Crippen LogP contribution in [0.1, 0.15) is 30.5 Å². The van der Waals surface area contributed by atoms with Crippen LogP contribution >= 0.6 is 11.3 Å². The molecule has 1 aliphatic rings. The van der Waals surface area contributed by atoms with Crippen molar-refractivity contribution in [2.24, 2.45) is 11.7 Å². The van der Waals surface area contributed by atoms with Gasteiger partial charge >= 0.3 is 0 Å². The number of nitrogens with zero attached hydrogens (tertiary/aromatic N) is 1. The van der Waals surface area contributed by atoms with Gasteiger partial charge < -0.3 is 11.1 Å². The molecule has 16 heavy (non-hydrogen) atoms. The number of rotatable bonds is 4. The fraction of sp³-hybridized carbons (Fsp3) is 0.750. The first kappa shape index (κ1) is 12.0. The van der Waals surface area contributed by atoms with E-state index in [2.05, 4.69) is 15.7 Å². The molecule has 3 N–H and O–H groups in total. The predicted molar refractivity (Wildman–Crippen MR) is 68.8 cm³/mol. The maximum Gasteiger partial charge on any atom is 0.0931 e. The van der Waals surface area contributed by atoms with E-state index in [1.54, 1.807) is 11.3 Å². The summed E-state index contributed by atoms with van der Waals surface area (Å²) in [6.07, 6.45) is 4.69. The second kappa shape index (κ2) is 5.75. The molecule has 2 rings (SSSR count). The summed E-state index contributed by atoms with van der Waals surface area (Å²) in [6.45, 7) is 4.37. The highest BCUT2D eigenvalue weighted by Gasteiger charge is 2.15. The quantitative estimate of drug-likeness (QED) is 0.838. The van der Waals surface area contributed by atoms with E-state index in [1.165, 1.54) is 30.1 Å². The van der Waals surface area contributed by atoms with Crippen LogP contribution in [0.15, 0.2) is 5.38 Å². The van der Waals surface area contributed by atoms with Gasteiger partial charge in [-0.15, -0.1) is 11.3 Å². The molecule has 0 aliphatic carbocycles. The van der Waals surface area contributed by atoms with Gasteiger partial charge in [0.1, 0.15) is 0 Å². The SMILES string of the molecule is CC(N)Cc1csc(CC2CCCNC2)n1.